The van der Waals surface area contributed by atoms with Crippen molar-refractivity contribution < 1.29 is 4.74 Å². The molecule has 1 N–H and O–H groups in total. The Hall–Kier alpha value is -1.87. The van der Waals surface area contributed by atoms with E-state index >= 15 is 0 Å². The predicted molar refractivity (Wildman–Crippen MR) is 86.8 cm³/mol. The van der Waals surface area contributed by atoms with Gasteiger partial charge in [0.2, 0.25) is 0 Å². The molecule has 1 unspecified atom stereocenters. The zero-order valence-electron chi connectivity index (χ0n) is 13.0. The highest BCUT2D eigenvalue weighted by atomic mass is 16.5. The molecule has 21 heavy (non-hydrogen) atoms. The summed E-state index contributed by atoms with van der Waals surface area (Å²) in [6.07, 6.45) is 4.83. The smallest absolute Gasteiger partial charge is 0.138 e. The molecule has 0 spiro atoms. The molecule has 2 rings (SSSR count). The first-order valence-electron chi connectivity index (χ1n) is 7.49. The second kappa shape index (κ2) is 7.79. The molecule has 0 bridgehead atoms. The number of hydrogen-bond donors (Lipinski definition) is 1. The Kier molecular flexibility index (Phi) is 5.76. The van der Waals surface area contributed by atoms with Gasteiger partial charge in [0.15, 0.2) is 0 Å². The second-order valence-electron chi connectivity index (χ2n) is 5.56. The lowest BCUT2D eigenvalue weighted by atomic mass is 9.92. The molecule has 0 amide bonds. The number of ether oxygens (including phenoxy) is 1. The van der Waals surface area contributed by atoms with Gasteiger partial charge in [-0.15, -0.1) is 0 Å². The number of nitrogens with one attached hydrogen (secondary N) is 1. The molecule has 3 nitrogen and oxygen atoms in total. The highest BCUT2D eigenvalue weighted by Gasteiger charge is 2.12. The average molecular weight is 284 g/mol. The zero-order chi connectivity index (χ0) is 15.1. The molecule has 0 aliphatic carbocycles. The molecule has 3 heteroatoms. The summed E-state index contributed by atoms with van der Waals surface area (Å²) >= 11 is 0. The lowest BCUT2D eigenvalue weighted by molar-refractivity contribution is 0.241. The molecule has 1 atom stereocenters. The summed E-state index contributed by atoms with van der Waals surface area (Å²) in [7, 11) is 1.99. The Morgan fingerprint density at radius 2 is 1.90 bits per heavy atom. The maximum atomic E-state index is 5.72. The van der Waals surface area contributed by atoms with Gasteiger partial charge in [-0.1, -0.05) is 30.3 Å². The van der Waals surface area contributed by atoms with Crippen LogP contribution in [0.2, 0.25) is 0 Å². The largest absolute Gasteiger partial charge is 0.489 e. The Morgan fingerprint density at radius 1 is 1.14 bits per heavy atom. The van der Waals surface area contributed by atoms with Crippen LogP contribution in [0.15, 0.2) is 48.8 Å². The molecule has 0 radical (unpaired) electrons. The molecule has 1 aromatic carbocycles. The molecule has 0 aliphatic heterocycles. The van der Waals surface area contributed by atoms with Crippen LogP contribution in [-0.4, -0.2) is 24.7 Å². The summed E-state index contributed by atoms with van der Waals surface area (Å²) in [6.45, 7) is 5.00. The Bertz CT molecular complexity index is 540. The number of benzene rings is 1. The number of nitrogens with zero attached hydrogens (tertiary/aromatic N) is 1. The number of pyridine rings is 1. The van der Waals surface area contributed by atoms with Crippen LogP contribution in [0.4, 0.5) is 0 Å². The van der Waals surface area contributed by atoms with Gasteiger partial charge in [-0.25, -0.2) is 0 Å². The second-order valence-corrected chi connectivity index (χ2v) is 5.56. The van der Waals surface area contributed by atoms with Crippen molar-refractivity contribution >= 4 is 0 Å². The van der Waals surface area contributed by atoms with Crippen LogP contribution < -0.4 is 10.1 Å². The number of aromatic nitrogens is 1. The quantitative estimate of drug-likeness (QED) is 0.846. The van der Waals surface area contributed by atoms with E-state index in [9.17, 15) is 0 Å². The summed E-state index contributed by atoms with van der Waals surface area (Å²) < 4.78 is 5.72. The van der Waals surface area contributed by atoms with E-state index in [1.54, 1.807) is 6.20 Å². The molecule has 2 aromatic rings. The van der Waals surface area contributed by atoms with E-state index in [0.717, 1.165) is 18.7 Å². The van der Waals surface area contributed by atoms with Crippen LogP contribution in [0, 0.1) is 0 Å². The van der Waals surface area contributed by atoms with Gasteiger partial charge in [0, 0.05) is 18.7 Å². The van der Waals surface area contributed by atoms with Crippen LogP contribution in [0.3, 0.4) is 0 Å². The SMILES string of the molecule is CNCC(Cc1cncc(OC(C)C)c1)c1ccccc1. The molecule has 0 aliphatic rings. The summed E-state index contributed by atoms with van der Waals surface area (Å²) in [5, 5.41) is 3.28. The first kappa shape index (κ1) is 15.5. The van der Waals surface area contributed by atoms with Crippen molar-refractivity contribution in [1.82, 2.24) is 10.3 Å². The summed E-state index contributed by atoms with van der Waals surface area (Å²) in [5.41, 5.74) is 2.55. The van der Waals surface area contributed by atoms with E-state index in [2.05, 4.69) is 46.7 Å². The van der Waals surface area contributed by atoms with Gasteiger partial charge >= 0.3 is 0 Å². The molecular formula is C18H24N2O. The number of rotatable bonds is 7. The molecule has 1 heterocycles. The third-order valence-corrected chi connectivity index (χ3v) is 3.35. The van der Waals surface area contributed by atoms with E-state index in [1.165, 1.54) is 11.1 Å². The van der Waals surface area contributed by atoms with E-state index in [0.29, 0.717) is 5.92 Å². The molecule has 112 valence electrons. The van der Waals surface area contributed by atoms with Gasteiger partial charge in [0.25, 0.3) is 0 Å². The molecule has 0 fully saturated rings. The fraction of sp³-hybridized carbons (Fsp3) is 0.389. The van der Waals surface area contributed by atoms with Crippen LogP contribution in [0.5, 0.6) is 5.75 Å². The Labute approximate surface area is 127 Å². The van der Waals surface area contributed by atoms with Crippen molar-refractivity contribution in [2.45, 2.75) is 32.3 Å². The van der Waals surface area contributed by atoms with Gasteiger partial charge in [0.05, 0.1) is 12.3 Å². The molecule has 1 aromatic heterocycles. The van der Waals surface area contributed by atoms with Crippen LogP contribution in [0.1, 0.15) is 30.9 Å². The topological polar surface area (TPSA) is 34.2 Å². The van der Waals surface area contributed by atoms with Gasteiger partial charge in [-0.05, 0) is 44.5 Å². The molecule has 0 saturated heterocycles. The average Bonchev–Trinajstić information content (AvgIpc) is 2.47. The van der Waals surface area contributed by atoms with E-state index in [1.807, 2.05) is 27.1 Å². The lowest BCUT2D eigenvalue weighted by Gasteiger charge is -2.18. The van der Waals surface area contributed by atoms with Crippen LogP contribution in [0.25, 0.3) is 0 Å². The monoisotopic (exact) mass is 284 g/mol. The van der Waals surface area contributed by atoms with E-state index < -0.39 is 0 Å². The summed E-state index contributed by atoms with van der Waals surface area (Å²) in [4.78, 5) is 4.30. The van der Waals surface area contributed by atoms with E-state index in [4.69, 9.17) is 4.74 Å². The standard InChI is InChI=1S/C18H24N2O/c1-14(2)21-18-10-15(11-20-13-18)9-17(12-19-3)16-7-5-4-6-8-16/h4-8,10-11,13-14,17,19H,9,12H2,1-3H3. The normalized spacial score (nSPS) is 12.4. The maximum Gasteiger partial charge on any atom is 0.138 e. The van der Waals surface area contributed by atoms with Gasteiger partial charge < -0.3 is 10.1 Å². The van der Waals surface area contributed by atoms with Crippen molar-refractivity contribution in [2.24, 2.45) is 0 Å². The van der Waals surface area contributed by atoms with Gasteiger partial charge in [0.1, 0.15) is 5.75 Å². The minimum atomic E-state index is 0.171. The van der Waals surface area contributed by atoms with E-state index in [-0.39, 0.29) is 6.10 Å². The molecule has 0 saturated carbocycles. The number of hydrogen-bond acceptors (Lipinski definition) is 3. The highest BCUT2D eigenvalue weighted by Crippen LogP contribution is 2.22. The third-order valence-electron chi connectivity index (χ3n) is 3.35. The fourth-order valence-electron chi connectivity index (χ4n) is 2.48. The Morgan fingerprint density at radius 3 is 2.57 bits per heavy atom. The Balaban J connectivity index is 2.13. The minimum Gasteiger partial charge on any atom is -0.489 e. The first-order valence-corrected chi connectivity index (χ1v) is 7.49. The summed E-state index contributed by atoms with van der Waals surface area (Å²) in [5.74, 6) is 1.28. The van der Waals surface area contributed by atoms with Crippen LogP contribution in [-0.2, 0) is 6.42 Å². The maximum absolute atomic E-state index is 5.72. The number of likely N-dealkylation sites (N-methyl/N-ethyl adjacent to an activating group) is 1. The lowest BCUT2D eigenvalue weighted by Crippen LogP contribution is -2.19. The third kappa shape index (κ3) is 4.87. The van der Waals surface area contributed by atoms with Crippen molar-refractivity contribution in [2.75, 3.05) is 13.6 Å². The van der Waals surface area contributed by atoms with Crippen molar-refractivity contribution in [3.63, 3.8) is 0 Å². The van der Waals surface area contributed by atoms with Crippen molar-refractivity contribution in [1.29, 1.82) is 0 Å². The van der Waals surface area contributed by atoms with Crippen LogP contribution >= 0.6 is 0 Å². The van der Waals surface area contributed by atoms with Crippen molar-refractivity contribution in [3.05, 3.63) is 59.9 Å². The van der Waals surface area contributed by atoms with Gasteiger partial charge in [-0.3, -0.25) is 4.98 Å². The van der Waals surface area contributed by atoms with Crippen molar-refractivity contribution in [3.8, 4) is 5.75 Å². The fourth-order valence-corrected chi connectivity index (χ4v) is 2.48. The predicted octanol–water partition coefficient (Wildman–Crippen LogP) is 3.41. The summed E-state index contributed by atoms with van der Waals surface area (Å²) in [6, 6.07) is 12.7. The first-order chi connectivity index (χ1) is 10.2. The minimum absolute atomic E-state index is 0.171. The zero-order valence-corrected chi connectivity index (χ0v) is 13.0. The molecular weight excluding hydrogens is 260 g/mol. The van der Waals surface area contributed by atoms with Gasteiger partial charge in [-0.2, -0.15) is 0 Å². The highest BCUT2D eigenvalue weighted by molar-refractivity contribution is 5.28.